The van der Waals surface area contributed by atoms with Crippen LogP contribution in [0.4, 0.5) is 28.4 Å². The Morgan fingerprint density at radius 3 is 1.23 bits per heavy atom. The molecule has 6 nitrogen and oxygen atoms in total. The monoisotopic (exact) mass is 826 g/mol. The summed E-state index contributed by atoms with van der Waals surface area (Å²) in [6.07, 6.45) is -0.400. The first-order valence-electron chi connectivity index (χ1n) is 19.6. The van der Waals surface area contributed by atoms with Crippen LogP contribution in [0.3, 0.4) is 0 Å². The zero-order chi connectivity index (χ0) is 40.3. The molecule has 0 unspecified atom stereocenters. The largest absolute Gasteiger partial charge is 0.356 e. The van der Waals surface area contributed by atoms with E-state index in [4.69, 9.17) is 18.9 Å². The molecule has 0 spiro atoms. The van der Waals surface area contributed by atoms with Crippen molar-refractivity contribution in [3.63, 3.8) is 0 Å². The van der Waals surface area contributed by atoms with Crippen LogP contribution in [-0.2, 0) is 29.8 Å². The number of nitrogens with zero attached hydrogens (tertiary/aromatic N) is 1. The molecule has 2 aliphatic heterocycles. The molecule has 296 valence electrons. The molecular formula is C50H55BrN2O4. The van der Waals surface area contributed by atoms with Crippen molar-refractivity contribution < 1.29 is 18.9 Å². The maximum absolute atomic E-state index is 5.62. The van der Waals surface area contributed by atoms with Gasteiger partial charge in [0.25, 0.3) is 0 Å². The highest BCUT2D eigenvalue weighted by molar-refractivity contribution is 9.10. The van der Waals surface area contributed by atoms with Crippen molar-refractivity contribution in [1.29, 1.82) is 0 Å². The van der Waals surface area contributed by atoms with Gasteiger partial charge in [-0.1, -0.05) is 142 Å². The number of hydrogen-bond donors (Lipinski definition) is 1. The molecule has 0 bridgehead atoms. The van der Waals surface area contributed by atoms with Gasteiger partial charge in [0.15, 0.2) is 12.6 Å². The topological polar surface area (TPSA) is 52.2 Å². The van der Waals surface area contributed by atoms with E-state index in [-0.39, 0.29) is 23.4 Å². The molecule has 6 aromatic rings. The summed E-state index contributed by atoms with van der Waals surface area (Å²) in [5, 5.41) is 3.38. The van der Waals surface area contributed by atoms with E-state index in [0.717, 1.165) is 44.0 Å². The van der Waals surface area contributed by atoms with Crippen LogP contribution in [-0.4, -0.2) is 26.4 Å². The number of nitrogens with one attached hydrogen (secondary N) is 1. The third kappa shape index (κ3) is 12.1. The van der Waals surface area contributed by atoms with Gasteiger partial charge in [0.2, 0.25) is 0 Å². The van der Waals surface area contributed by atoms with Crippen LogP contribution in [0.2, 0.25) is 0 Å². The molecule has 2 heterocycles. The summed E-state index contributed by atoms with van der Waals surface area (Å²) in [5.41, 5.74) is 10.8. The van der Waals surface area contributed by atoms with Crippen molar-refractivity contribution in [3.8, 4) is 0 Å². The van der Waals surface area contributed by atoms with Crippen molar-refractivity contribution in [2.75, 3.05) is 36.6 Å². The lowest BCUT2D eigenvalue weighted by atomic mass is 9.87. The zero-order valence-corrected chi connectivity index (χ0v) is 35.5. The second-order valence-electron chi connectivity index (χ2n) is 16.1. The quantitative estimate of drug-likeness (QED) is 0.173. The minimum absolute atomic E-state index is 0.138. The smallest absolute Gasteiger partial charge is 0.184 e. The summed E-state index contributed by atoms with van der Waals surface area (Å²) >= 11 is 3.37. The van der Waals surface area contributed by atoms with Gasteiger partial charge >= 0.3 is 0 Å². The lowest BCUT2D eigenvalue weighted by molar-refractivity contribution is -0.0443. The van der Waals surface area contributed by atoms with Crippen LogP contribution >= 0.6 is 15.9 Å². The van der Waals surface area contributed by atoms with Gasteiger partial charge in [-0.3, -0.25) is 0 Å². The molecule has 57 heavy (non-hydrogen) atoms. The second kappa shape index (κ2) is 19.6. The highest BCUT2D eigenvalue weighted by Crippen LogP contribution is 2.37. The van der Waals surface area contributed by atoms with E-state index in [1.807, 2.05) is 48.5 Å². The van der Waals surface area contributed by atoms with Crippen LogP contribution in [0, 0.1) is 0 Å². The minimum Gasteiger partial charge on any atom is -0.356 e. The summed E-state index contributed by atoms with van der Waals surface area (Å²) < 4.78 is 23.0. The van der Waals surface area contributed by atoms with E-state index in [0.29, 0.717) is 26.4 Å². The molecule has 6 aromatic carbocycles. The van der Waals surface area contributed by atoms with E-state index in [2.05, 4.69) is 177 Å². The molecular weight excluding hydrogens is 772 g/mol. The van der Waals surface area contributed by atoms with Crippen LogP contribution in [0.1, 0.15) is 76.4 Å². The maximum Gasteiger partial charge on any atom is 0.184 e. The lowest BCUT2D eigenvalue weighted by Crippen LogP contribution is -2.13. The zero-order valence-electron chi connectivity index (χ0n) is 34.0. The summed E-state index contributed by atoms with van der Waals surface area (Å²) in [4.78, 5) is 2.27. The molecule has 2 saturated heterocycles. The van der Waals surface area contributed by atoms with Gasteiger partial charge in [-0.15, -0.1) is 0 Å². The third-order valence-electron chi connectivity index (χ3n) is 9.63. The highest BCUT2D eigenvalue weighted by atomic mass is 79.9. The van der Waals surface area contributed by atoms with E-state index in [9.17, 15) is 0 Å². The highest BCUT2D eigenvalue weighted by Gasteiger charge is 2.21. The average Bonchev–Trinajstić information content (AvgIpc) is 3.96. The summed E-state index contributed by atoms with van der Waals surface area (Å²) in [5.74, 6) is 0. The van der Waals surface area contributed by atoms with Crippen molar-refractivity contribution in [1.82, 2.24) is 0 Å². The number of anilines is 5. The molecule has 7 heteroatoms. The molecule has 2 fully saturated rings. The van der Waals surface area contributed by atoms with E-state index in [1.54, 1.807) is 0 Å². The van der Waals surface area contributed by atoms with Gasteiger partial charge in [-0.05, 0) is 94.8 Å². The number of rotatable bonds is 7. The first-order chi connectivity index (χ1) is 27.4. The van der Waals surface area contributed by atoms with Gasteiger partial charge in [0, 0.05) is 44.0 Å². The lowest BCUT2D eigenvalue weighted by Gasteiger charge is -2.27. The molecule has 1 N–H and O–H groups in total. The Labute approximate surface area is 347 Å². The molecule has 0 saturated carbocycles. The Bertz CT molecular complexity index is 2070. The van der Waals surface area contributed by atoms with E-state index >= 15 is 0 Å². The standard InChI is InChI=1S/C25H27NO2.C16H19N.C9H9BrO2/c1-25(2,3)20-11-15-23(16-12-20)26(21-7-5-4-6-8-21)22-13-9-19(10-14-22)24-27-17-18-28-24;1-16(2,3)13-9-11-15(12-10-13)17-14-7-5-4-6-8-14;10-8-3-1-7(2-4-8)9-11-5-6-12-9/h4-16,24H,17-18H2,1-3H3;4-12,17H,1-3H3;1-4,9H,5-6H2. The predicted octanol–water partition coefficient (Wildman–Crippen LogP) is 13.7. The van der Waals surface area contributed by atoms with Crippen LogP contribution < -0.4 is 10.2 Å². The Kier molecular flexibility index (Phi) is 14.4. The van der Waals surface area contributed by atoms with Crippen molar-refractivity contribution >= 4 is 44.4 Å². The average molecular weight is 828 g/mol. The van der Waals surface area contributed by atoms with Gasteiger partial charge < -0.3 is 29.2 Å². The summed E-state index contributed by atoms with van der Waals surface area (Å²) in [7, 11) is 0. The van der Waals surface area contributed by atoms with Crippen LogP contribution in [0.5, 0.6) is 0 Å². The Morgan fingerprint density at radius 2 is 0.789 bits per heavy atom. The second-order valence-corrected chi connectivity index (χ2v) is 17.0. The molecule has 2 aliphatic rings. The molecule has 0 amide bonds. The number of benzene rings is 6. The van der Waals surface area contributed by atoms with Crippen molar-refractivity contribution in [2.24, 2.45) is 0 Å². The van der Waals surface area contributed by atoms with Gasteiger partial charge in [-0.2, -0.15) is 0 Å². The third-order valence-corrected chi connectivity index (χ3v) is 10.2. The molecule has 0 aliphatic carbocycles. The predicted molar refractivity (Wildman–Crippen MR) is 238 cm³/mol. The van der Waals surface area contributed by atoms with Crippen molar-refractivity contribution in [2.45, 2.75) is 65.0 Å². The maximum atomic E-state index is 5.62. The Morgan fingerprint density at radius 1 is 0.439 bits per heavy atom. The number of hydrogen-bond acceptors (Lipinski definition) is 6. The number of ether oxygens (including phenoxy) is 4. The summed E-state index contributed by atoms with van der Waals surface area (Å²) in [6, 6.07) is 54.6. The molecule has 0 aromatic heterocycles. The normalized spacial score (nSPS) is 14.6. The fourth-order valence-corrected chi connectivity index (χ4v) is 6.64. The first kappa shape index (κ1) is 41.9. The molecule has 0 atom stereocenters. The first-order valence-corrected chi connectivity index (χ1v) is 20.4. The van der Waals surface area contributed by atoms with Gasteiger partial charge in [-0.25, -0.2) is 0 Å². The number of para-hydroxylation sites is 2. The van der Waals surface area contributed by atoms with Crippen LogP contribution in [0.25, 0.3) is 0 Å². The fourth-order valence-electron chi connectivity index (χ4n) is 6.38. The Hall–Kier alpha value is -4.76. The molecule has 8 rings (SSSR count). The number of halogens is 1. The van der Waals surface area contributed by atoms with Gasteiger partial charge in [0.1, 0.15) is 0 Å². The SMILES string of the molecule is Brc1ccc(C2OCCO2)cc1.CC(C)(C)c1ccc(N(c2ccccc2)c2ccc(C3OCCO3)cc2)cc1.CC(C)(C)c1ccc(Nc2ccccc2)cc1. The van der Waals surface area contributed by atoms with Crippen LogP contribution in [0.15, 0.2) is 162 Å². The van der Waals surface area contributed by atoms with E-state index < -0.39 is 0 Å². The Balaban J connectivity index is 0.000000160. The molecule has 0 radical (unpaired) electrons. The van der Waals surface area contributed by atoms with Gasteiger partial charge in [0.05, 0.1) is 26.4 Å². The van der Waals surface area contributed by atoms with E-state index in [1.165, 1.54) is 11.1 Å². The minimum atomic E-state index is -0.245. The van der Waals surface area contributed by atoms with Crippen molar-refractivity contribution in [3.05, 3.63) is 184 Å². The fraction of sp³-hybridized carbons (Fsp3) is 0.280. The summed E-state index contributed by atoms with van der Waals surface area (Å²) in [6.45, 7) is 16.1.